The standard InChI is InChI=1S/C13H19N3O4S/c1-21(19,20)11-3-2-5-14-13(11)16-9-7-15(8-10-16)6-4-12(17)18/h2-3,5H,4,6-10H2,1H3,(H,17,18). The van der Waals surface area contributed by atoms with Crippen molar-refractivity contribution in [2.24, 2.45) is 0 Å². The minimum atomic E-state index is -3.31. The molecule has 1 saturated heterocycles. The van der Waals surface area contributed by atoms with Gasteiger partial charge in [-0.3, -0.25) is 9.69 Å². The number of sulfone groups is 1. The lowest BCUT2D eigenvalue weighted by molar-refractivity contribution is -0.137. The minimum Gasteiger partial charge on any atom is -0.481 e. The van der Waals surface area contributed by atoms with E-state index in [1.807, 2.05) is 4.90 Å². The third-order valence-electron chi connectivity index (χ3n) is 3.46. The van der Waals surface area contributed by atoms with Crippen LogP contribution in [0.1, 0.15) is 6.42 Å². The zero-order valence-electron chi connectivity index (χ0n) is 11.9. The van der Waals surface area contributed by atoms with Crippen LogP contribution < -0.4 is 4.90 Å². The molecule has 0 spiro atoms. The molecule has 1 aliphatic rings. The van der Waals surface area contributed by atoms with Gasteiger partial charge in [-0.05, 0) is 12.1 Å². The first kappa shape index (κ1) is 15.7. The molecule has 7 nitrogen and oxygen atoms in total. The zero-order chi connectivity index (χ0) is 15.5. The first-order valence-electron chi connectivity index (χ1n) is 6.72. The van der Waals surface area contributed by atoms with Gasteiger partial charge in [0.1, 0.15) is 10.7 Å². The van der Waals surface area contributed by atoms with E-state index in [0.717, 1.165) is 0 Å². The Morgan fingerprint density at radius 2 is 2.00 bits per heavy atom. The van der Waals surface area contributed by atoms with Crippen molar-refractivity contribution < 1.29 is 18.3 Å². The van der Waals surface area contributed by atoms with E-state index in [1.165, 1.54) is 6.26 Å². The molecule has 0 aliphatic carbocycles. The highest BCUT2D eigenvalue weighted by molar-refractivity contribution is 7.90. The van der Waals surface area contributed by atoms with Crippen molar-refractivity contribution in [3.05, 3.63) is 18.3 Å². The van der Waals surface area contributed by atoms with Crippen molar-refractivity contribution in [2.75, 3.05) is 43.9 Å². The topological polar surface area (TPSA) is 90.8 Å². The molecule has 0 saturated carbocycles. The maximum Gasteiger partial charge on any atom is 0.304 e. The summed E-state index contributed by atoms with van der Waals surface area (Å²) in [4.78, 5) is 19.0. The van der Waals surface area contributed by atoms with E-state index in [4.69, 9.17) is 5.11 Å². The van der Waals surface area contributed by atoms with Gasteiger partial charge in [0.2, 0.25) is 0 Å². The van der Waals surface area contributed by atoms with Crippen LogP contribution in [0.3, 0.4) is 0 Å². The van der Waals surface area contributed by atoms with Gasteiger partial charge >= 0.3 is 5.97 Å². The molecule has 1 aromatic rings. The smallest absolute Gasteiger partial charge is 0.304 e. The van der Waals surface area contributed by atoms with Crippen molar-refractivity contribution in [1.82, 2.24) is 9.88 Å². The molecule has 0 bridgehead atoms. The minimum absolute atomic E-state index is 0.123. The number of aromatic nitrogens is 1. The van der Waals surface area contributed by atoms with Gasteiger partial charge in [-0.25, -0.2) is 13.4 Å². The first-order chi connectivity index (χ1) is 9.88. The van der Waals surface area contributed by atoms with Crippen LogP contribution >= 0.6 is 0 Å². The number of hydrogen-bond donors (Lipinski definition) is 1. The summed E-state index contributed by atoms with van der Waals surface area (Å²) < 4.78 is 23.6. The van der Waals surface area contributed by atoms with Crippen LogP contribution in [0.15, 0.2) is 23.2 Å². The van der Waals surface area contributed by atoms with Gasteiger partial charge in [-0.2, -0.15) is 0 Å². The molecule has 21 heavy (non-hydrogen) atoms. The number of aliphatic carboxylic acids is 1. The van der Waals surface area contributed by atoms with Crippen molar-refractivity contribution in [1.29, 1.82) is 0 Å². The Morgan fingerprint density at radius 3 is 2.57 bits per heavy atom. The van der Waals surface area contributed by atoms with Gasteiger partial charge in [0.05, 0.1) is 6.42 Å². The lowest BCUT2D eigenvalue weighted by atomic mass is 10.3. The van der Waals surface area contributed by atoms with Gasteiger partial charge in [0.15, 0.2) is 9.84 Å². The van der Waals surface area contributed by atoms with Crippen LogP contribution in [0.5, 0.6) is 0 Å². The number of hydrogen-bond acceptors (Lipinski definition) is 6. The summed E-state index contributed by atoms with van der Waals surface area (Å²) in [5.41, 5.74) is 0. The van der Waals surface area contributed by atoms with Crippen molar-refractivity contribution >= 4 is 21.6 Å². The molecular formula is C13H19N3O4S. The molecule has 1 N–H and O–H groups in total. The second kappa shape index (κ2) is 6.40. The molecule has 1 aromatic heterocycles. The number of anilines is 1. The van der Waals surface area contributed by atoms with E-state index in [2.05, 4.69) is 9.88 Å². The number of carboxylic acids is 1. The van der Waals surface area contributed by atoms with Crippen LogP contribution in [-0.4, -0.2) is 68.4 Å². The number of carboxylic acid groups (broad SMARTS) is 1. The monoisotopic (exact) mass is 313 g/mol. The summed E-state index contributed by atoms with van der Waals surface area (Å²) in [5.74, 6) is -0.320. The average molecular weight is 313 g/mol. The largest absolute Gasteiger partial charge is 0.481 e. The van der Waals surface area contributed by atoms with E-state index < -0.39 is 15.8 Å². The van der Waals surface area contributed by atoms with Gasteiger partial charge in [0, 0.05) is 45.2 Å². The molecule has 2 rings (SSSR count). The Morgan fingerprint density at radius 1 is 1.33 bits per heavy atom. The van der Waals surface area contributed by atoms with E-state index in [9.17, 15) is 13.2 Å². The molecular weight excluding hydrogens is 294 g/mol. The molecule has 116 valence electrons. The predicted molar refractivity (Wildman–Crippen MR) is 78.3 cm³/mol. The lowest BCUT2D eigenvalue weighted by Gasteiger charge is -2.35. The van der Waals surface area contributed by atoms with Crippen LogP contribution in [-0.2, 0) is 14.6 Å². The molecule has 2 heterocycles. The predicted octanol–water partition coefficient (Wildman–Crippen LogP) is 0.0818. The quantitative estimate of drug-likeness (QED) is 0.823. The Labute approximate surface area is 124 Å². The summed E-state index contributed by atoms with van der Waals surface area (Å²) in [7, 11) is -3.31. The summed E-state index contributed by atoms with van der Waals surface area (Å²) >= 11 is 0. The van der Waals surface area contributed by atoms with Crippen molar-refractivity contribution in [2.45, 2.75) is 11.3 Å². The summed E-state index contributed by atoms with van der Waals surface area (Å²) in [6, 6.07) is 3.18. The molecule has 0 atom stereocenters. The summed E-state index contributed by atoms with van der Waals surface area (Å²) in [6.45, 7) is 3.20. The fourth-order valence-corrected chi connectivity index (χ4v) is 3.19. The summed E-state index contributed by atoms with van der Waals surface area (Å²) in [6.07, 6.45) is 2.88. The normalized spacial score (nSPS) is 16.9. The number of carbonyl (C=O) groups is 1. The third kappa shape index (κ3) is 4.15. The van der Waals surface area contributed by atoms with E-state index in [-0.39, 0.29) is 11.3 Å². The lowest BCUT2D eigenvalue weighted by Crippen LogP contribution is -2.47. The van der Waals surface area contributed by atoms with Crippen LogP contribution in [0, 0.1) is 0 Å². The highest BCUT2D eigenvalue weighted by Gasteiger charge is 2.23. The first-order valence-corrected chi connectivity index (χ1v) is 8.61. The fraction of sp³-hybridized carbons (Fsp3) is 0.538. The van der Waals surface area contributed by atoms with Gasteiger partial charge < -0.3 is 10.0 Å². The van der Waals surface area contributed by atoms with Gasteiger partial charge in [0.25, 0.3) is 0 Å². The maximum absolute atomic E-state index is 11.8. The van der Waals surface area contributed by atoms with Crippen molar-refractivity contribution in [3.63, 3.8) is 0 Å². The molecule has 0 amide bonds. The van der Waals surface area contributed by atoms with Gasteiger partial charge in [-0.15, -0.1) is 0 Å². The van der Waals surface area contributed by atoms with E-state index in [1.54, 1.807) is 18.3 Å². The fourth-order valence-electron chi connectivity index (χ4n) is 2.35. The third-order valence-corrected chi connectivity index (χ3v) is 4.58. The van der Waals surface area contributed by atoms with Gasteiger partial charge in [-0.1, -0.05) is 0 Å². The zero-order valence-corrected chi connectivity index (χ0v) is 12.7. The molecule has 0 unspecified atom stereocenters. The second-order valence-electron chi connectivity index (χ2n) is 5.07. The Balaban J connectivity index is 2.05. The van der Waals surface area contributed by atoms with E-state index in [0.29, 0.717) is 38.5 Å². The highest BCUT2D eigenvalue weighted by atomic mass is 32.2. The SMILES string of the molecule is CS(=O)(=O)c1cccnc1N1CCN(CCC(=O)O)CC1. The van der Waals surface area contributed by atoms with Crippen LogP contribution in [0.4, 0.5) is 5.82 Å². The van der Waals surface area contributed by atoms with E-state index >= 15 is 0 Å². The summed E-state index contributed by atoms with van der Waals surface area (Å²) in [5, 5.41) is 8.69. The molecule has 0 aromatic carbocycles. The molecule has 1 aliphatic heterocycles. The number of nitrogens with zero attached hydrogens (tertiary/aromatic N) is 3. The van der Waals surface area contributed by atoms with Crippen molar-refractivity contribution in [3.8, 4) is 0 Å². The average Bonchev–Trinajstić information content (AvgIpc) is 2.45. The van der Waals surface area contributed by atoms with Crippen LogP contribution in [0.2, 0.25) is 0 Å². The highest BCUT2D eigenvalue weighted by Crippen LogP contribution is 2.23. The molecule has 0 radical (unpaired) electrons. The Bertz CT molecular complexity index is 610. The van der Waals surface area contributed by atoms with Crippen LogP contribution in [0.25, 0.3) is 0 Å². The molecule has 1 fully saturated rings. The number of rotatable bonds is 5. The Kier molecular flexibility index (Phi) is 4.79. The number of piperazine rings is 1. The Hall–Kier alpha value is -1.67. The second-order valence-corrected chi connectivity index (χ2v) is 7.05. The molecule has 8 heteroatoms. The maximum atomic E-state index is 11.8. The number of pyridine rings is 1.